The summed E-state index contributed by atoms with van der Waals surface area (Å²) < 4.78 is 6.55. The van der Waals surface area contributed by atoms with Crippen molar-refractivity contribution in [3.05, 3.63) is 217 Å². The summed E-state index contributed by atoms with van der Waals surface area (Å²) in [6.07, 6.45) is 0. The predicted molar refractivity (Wildman–Crippen MR) is 263 cm³/mol. The molecule has 0 atom stereocenters. The van der Waals surface area contributed by atoms with Gasteiger partial charge in [-0.3, -0.25) is 0 Å². The molecule has 13 rings (SSSR count). The van der Waals surface area contributed by atoms with Gasteiger partial charge in [0.05, 0.1) is 0 Å². The zero-order chi connectivity index (χ0) is 41.1. The highest BCUT2D eigenvalue weighted by molar-refractivity contribution is 6.22. The molecule has 62 heavy (non-hydrogen) atoms. The second-order valence-electron chi connectivity index (χ2n) is 17.6. The molecule has 0 amide bonds. The fourth-order valence-electron chi connectivity index (χ4n) is 10.9. The van der Waals surface area contributed by atoms with Crippen LogP contribution in [0.5, 0.6) is 0 Å². The average Bonchev–Trinajstić information content (AvgIpc) is 3.80. The summed E-state index contributed by atoms with van der Waals surface area (Å²) in [6, 6.07) is 76.2. The monoisotopic (exact) mass is 788 g/mol. The summed E-state index contributed by atoms with van der Waals surface area (Å²) >= 11 is 0. The molecular formula is C61H40O. The van der Waals surface area contributed by atoms with Gasteiger partial charge in [-0.1, -0.05) is 178 Å². The van der Waals surface area contributed by atoms with Crippen molar-refractivity contribution in [2.75, 3.05) is 0 Å². The standard InChI is InChI=1S/C61H40O/c1-61(2)55-29-25-42(34-52(55)51-28-24-38-13-5-6-17-46(38)60(51)61)43-26-30-56-53(35-43)54-36-45(27-31-57(54)62-56)59-49-20-9-7-18-47(49)58(48-19-8-10-21-50(48)59)44-16-11-15-40(33-44)41-23-22-37-12-3-4-14-39(37)32-41/h3-36H,1-2H3. The first-order valence-corrected chi connectivity index (χ1v) is 21.7. The molecule has 0 saturated heterocycles. The van der Waals surface area contributed by atoms with Crippen LogP contribution in [0.4, 0.5) is 0 Å². The lowest BCUT2D eigenvalue weighted by molar-refractivity contribution is 0.666. The van der Waals surface area contributed by atoms with Crippen molar-refractivity contribution in [1.29, 1.82) is 0 Å². The molecule has 1 nitrogen and oxygen atoms in total. The normalized spacial score (nSPS) is 13.1. The van der Waals surface area contributed by atoms with E-state index >= 15 is 0 Å². The zero-order valence-corrected chi connectivity index (χ0v) is 34.5. The molecule has 0 fully saturated rings. The quantitative estimate of drug-likeness (QED) is 0.162. The summed E-state index contributed by atoms with van der Waals surface area (Å²) in [5.41, 5.74) is 16.9. The third-order valence-electron chi connectivity index (χ3n) is 13.8. The molecule has 1 heteroatoms. The Morgan fingerprint density at radius 2 is 0.790 bits per heavy atom. The van der Waals surface area contributed by atoms with E-state index in [-0.39, 0.29) is 5.41 Å². The van der Waals surface area contributed by atoms with Gasteiger partial charge < -0.3 is 4.42 Å². The molecule has 11 aromatic carbocycles. The summed E-state index contributed by atoms with van der Waals surface area (Å²) in [7, 11) is 0. The fraction of sp³-hybridized carbons (Fsp3) is 0.0492. The van der Waals surface area contributed by atoms with Crippen molar-refractivity contribution in [3.63, 3.8) is 0 Å². The lowest BCUT2D eigenvalue weighted by atomic mass is 9.80. The van der Waals surface area contributed by atoms with Crippen molar-refractivity contribution in [1.82, 2.24) is 0 Å². The molecule has 1 heterocycles. The first-order chi connectivity index (χ1) is 30.5. The maximum atomic E-state index is 6.55. The van der Waals surface area contributed by atoms with E-state index in [0.29, 0.717) is 0 Å². The molecule has 0 aliphatic heterocycles. The molecule has 1 aromatic heterocycles. The van der Waals surface area contributed by atoms with Crippen molar-refractivity contribution >= 4 is 65.0 Å². The van der Waals surface area contributed by atoms with Gasteiger partial charge in [0, 0.05) is 16.2 Å². The number of furan rings is 1. The van der Waals surface area contributed by atoms with Gasteiger partial charge in [0.25, 0.3) is 0 Å². The highest BCUT2D eigenvalue weighted by Crippen LogP contribution is 2.52. The summed E-state index contributed by atoms with van der Waals surface area (Å²) in [5, 5.41) is 12.4. The van der Waals surface area contributed by atoms with E-state index in [1.54, 1.807) is 0 Å². The lowest BCUT2D eigenvalue weighted by Gasteiger charge is -2.23. The maximum absolute atomic E-state index is 6.55. The topological polar surface area (TPSA) is 13.1 Å². The van der Waals surface area contributed by atoms with Gasteiger partial charge in [-0.2, -0.15) is 0 Å². The number of benzene rings is 11. The summed E-state index contributed by atoms with van der Waals surface area (Å²) in [5.74, 6) is 0. The van der Waals surface area contributed by atoms with Crippen LogP contribution in [0.1, 0.15) is 25.0 Å². The molecule has 0 bridgehead atoms. The molecule has 1 aliphatic rings. The van der Waals surface area contributed by atoms with E-state index in [0.717, 1.165) is 21.9 Å². The van der Waals surface area contributed by atoms with Gasteiger partial charge in [-0.25, -0.2) is 0 Å². The molecule has 0 unspecified atom stereocenters. The highest BCUT2D eigenvalue weighted by atomic mass is 16.3. The largest absolute Gasteiger partial charge is 0.456 e. The Kier molecular flexibility index (Phi) is 7.42. The van der Waals surface area contributed by atoms with Crippen LogP contribution in [0.15, 0.2) is 211 Å². The second-order valence-corrected chi connectivity index (χ2v) is 17.6. The summed E-state index contributed by atoms with van der Waals surface area (Å²) in [4.78, 5) is 0. The van der Waals surface area contributed by atoms with E-state index in [4.69, 9.17) is 4.42 Å². The van der Waals surface area contributed by atoms with Crippen LogP contribution in [0.2, 0.25) is 0 Å². The van der Waals surface area contributed by atoms with Gasteiger partial charge in [-0.05, 0) is 152 Å². The molecule has 0 radical (unpaired) electrons. The molecule has 0 N–H and O–H groups in total. The maximum Gasteiger partial charge on any atom is 0.135 e. The van der Waals surface area contributed by atoms with Crippen molar-refractivity contribution in [3.8, 4) is 55.6 Å². The van der Waals surface area contributed by atoms with Crippen LogP contribution in [-0.2, 0) is 5.41 Å². The Balaban J connectivity index is 0.953. The Labute approximate surface area is 360 Å². The van der Waals surface area contributed by atoms with Crippen molar-refractivity contribution in [2.24, 2.45) is 0 Å². The smallest absolute Gasteiger partial charge is 0.135 e. The van der Waals surface area contributed by atoms with Crippen molar-refractivity contribution < 1.29 is 4.42 Å². The SMILES string of the molecule is CC1(C)c2ccc(-c3ccc4oc5ccc(-c6c7ccccc7c(-c7cccc(-c8ccc9ccccc9c8)c7)c7ccccc67)cc5c4c3)cc2-c2ccc3ccccc3c21. The molecule has 1 aliphatic carbocycles. The Morgan fingerprint density at radius 1 is 0.306 bits per heavy atom. The summed E-state index contributed by atoms with van der Waals surface area (Å²) in [6.45, 7) is 4.74. The average molecular weight is 789 g/mol. The van der Waals surface area contributed by atoms with Gasteiger partial charge in [-0.15, -0.1) is 0 Å². The minimum absolute atomic E-state index is 0.0837. The van der Waals surface area contributed by atoms with Gasteiger partial charge >= 0.3 is 0 Å². The van der Waals surface area contributed by atoms with E-state index in [1.165, 1.54) is 110 Å². The molecular weight excluding hydrogens is 749 g/mol. The van der Waals surface area contributed by atoms with E-state index in [2.05, 4.69) is 220 Å². The number of hydrogen-bond donors (Lipinski definition) is 0. The zero-order valence-electron chi connectivity index (χ0n) is 34.5. The van der Waals surface area contributed by atoms with Gasteiger partial charge in [0.15, 0.2) is 0 Å². The van der Waals surface area contributed by atoms with Gasteiger partial charge in [0.2, 0.25) is 0 Å². The lowest BCUT2D eigenvalue weighted by Crippen LogP contribution is -2.15. The van der Waals surface area contributed by atoms with Crippen LogP contribution < -0.4 is 0 Å². The van der Waals surface area contributed by atoms with Crippen LogP contribution in [0, 0.1) is 0 Å². The third-order valence-corrected chi connectivity index (χ3v) is 13.8. The highest BCUT2D eigenvalue weighted by Gasteiger charge is 2.37. The second kappa shape index (κ2) is 13.1. The van der Waals surface area contributed by atoms with Crippen LogP contribution >= 0.6 is 0 Å². The molecule has 0 spiro atoms. The van der Waals surface area contributed by atoms with Crippen LogP contribution in [-0.4, -0.2) is 0 Å². The van der Waals surface area contributed by atoms with Crippen LogP contribution in [0.25, 0.3) is 121 Å². The minimum Gasteiger partial charge on any atom is -0.456 e. The number of fused-ring (bicyclic) bond motifs is 11. The van der Waals surface area contributed by atoms with Crippen molar-refractivity contribution in [2.45, 2.75) is 19.3 Å². The molecule has 290 valence electrons. The molecule has 12 aromatic rings. The molecule has 0 saturated carbocycles. The fourth-order valence-corrected chi connectivity index (χ4v) is 10.9. The minimum atomic E-state index is -0.0837. The first-order valence-electron chi connectivity index (χ1n) is 21.7. The Bertz CT molecular complexity index is 3780. The predicted octanol–water partition coefficient (Wildman–Crippen LogP) is 17.2. The van der Waals surface area contributed by atoms with Crippen LogP contribution in [0.3, 0.4) is 0 Å². The number of hydrogen-bond acceptors (Lipinski definition) is 1. The number of rotatable bonds is 4. The van der Waals surface area contributed by atoms with Gasteiger partial charge in [0.1, 0.15) is 11.2 Å². The third kappa shape index (κ3) is 5.15. The first kappa shape index (κ1) is 35.1. The van der Waals surface area contributed by atoms with E-state index < -0.39 is 0 Å². The van der Waals surface area contributed by atoms with E-state index in [9.17, 15) is 0 Å². The Hall–Kier alpha value is -7.74. The Morgan fingerprint density at radius 3 is 1.50 bits per heavy atom. The van der Waals surface area contributed by atoms with E-state index in [1.807, 2.05) is 0 Å².